The Morgan fingerprint density at radius 3 is 2.83 bits per heavy atom. The molecule has 1 saturated carbocycles. The van der Waals surface area contributed by atoms with Crippen LogP contribution in [-0.4, -0.2) is 22.6 Å². The highest BCUT2D eigenvalue weighted by molar-refractivity contribution is 5.09. The Labute approximate surface area is 102 Å². The van der Waals surface area contributed by atoms with Crippen molar-refractivity contribution in [3.05, 3.63) is 18.0 Å². The number of alkyl halides is 3. The van der Waals surface area contributed by atoms with Crippen molar-refractivity contribution in [2.75, 3.05) is 6.54 Å². The van der Waals surface area contributed by atoms with Crippen LogP contribution in [0.4, 0.5) is 13.2 Å². The van der Waals surface area contributed by atoms with Gasteiger partial charge in [0.05, 0.1) is 0 Å². The predicted octanol–water partition coefficient (Wildman–Crippen LogP) is 2.00. The Morgan fingerprint density at radius 1 is 1.39 bits per heavy atom. The topological polar surface area (TPSA) is 61.0 Å². The third-order valence-electron chi connectivity index (χ3n) is 3.07. The molecule has 18 heavy (non-hydrogen) atoms. The molecule has 4 nitrogen and oxygen atoms in total. The highest BCUT2D eigenvalue weighted by atomic mass is 19.4. The number of rotatable bonds is 3. The molecule has 0 bridgehead atoms. The highest BCUT2D eigenvalue weighted by Crippen LogP contribution is 2.30. The molecule has 100 valence electrons. The van der Waals surface area contributed by atoms with Crippen LogP contribution in [0.2, 0.25) is 0 Å². The molecule has 0 saturated heterocycles. The van der Waals surface area contributed by atoms with Gasteiger partial charge in [0.2, 0.25) is 0 Å². The number of halogens is 3. The van der Waals surface area contributed by atoms with E-state index >= 15 is 0 Å². The van der Waals surface area contributed by atoms with E-state index in [9.17, 15) is 13.2 Å². The van der Waals surface area contributed by atoms with Crippen molar-refractivity contribution < 1.29 is 17.9 Å². The lowest BCUT2D eigenvalue weighted by Gasteiger charge is -2.18. The van der Waals surface area contributed by atoms with Gasteiger partial charge in [0.25, 0.3) is 0 Å². The minimum Gasteiger partial charge on any atom is -0.460 e. The first-order valence-electron chi connectivity index (χ1n) is 5.77. The minimum atomic E-state index is -4.48. The number of hydrogen-bond donors (Lipinski definition) is 1. The molecule has 1 heterocycles. The first-order valence-corrected chi connectivity index (χ1v) is 5.77. The molecule has 0 aromatic carbocycles. The normalized spacial score (nSPS) is 24.2. The van der Waals surface area contributed by atoms with Crippen molar-refractivity contribution in [1.29, 1.82) is 0 Å². The Kier molecular flexibility index (Phi) is 3.70. The zero-order valence-corrected chi connectivity index (χ0v) is 9.65. The SMILES string of the molecule is NCC1CCCC1Oc1nccc(C(F)(F)F)n1. The third kappa shape index (κ3) is 2.90. The van der Waals surface area contributed by atoms with Crippen molar-refractivity contribution in [3.8, 4) is 6.01 Å². The lowest BCUT2D eigenvalue weighted by atomic mass is 10.1. The number of nitrogens with two attached hydrogens (primary N) is 1. The van der Waals surface area contributed by atoms with E-state index in [0.717, 1.165) is 31.5 Å². The summed E-state index contributed by atoms with van der Waals surface area (Å²) in [6, 6.07) is 0.595. The van der Waals surface area contributed by atoms with Crippen LogP contribution in [0.25, 0.3) is 0 Å². The zero-order chi connectivity index (χ0) is 13.2. The standard InChI is InChI=1S/C11H14F3N3O/c12-11(13,14)9-4-5-16-10(17-9)18-8-3-1-2-7(8)6-15/h4-5,7-8H,1-3,6,15H2. The molecule has 2 atom stereocenters. The van der Waals surface area contributed by atoms with Crippen LogP contribution in [-0.2, 0) is 6.18 Å². The smallest absolute Gasteiger partial charge is 0.433 e. The fraction of sp³-hybridized carbons (Fsp3) is 0.636. The van der Waals surface area contributed by atoms with Crippen molar-refractivity contribution in [3.63, 3.8) is 0 Å². The predicted molar refractivity (Wildman–Crippen MR) is 57.8 cm³/mol. The molecule has 0 amide bonds. The Bertz CT molecular complexity index is 411. The van der Waals surface area contributed by atoms with E-state index in [0.29, 0.717) is 6.54 Å². The van der Waals surface area contributed by atoms with E-state index in [4.69, 9.17) is 10.5 Å². The third-order valence-corrected chi connectivity index (χ3v) is 3.07. The largest absolute Gasteiger partial charge is 0.460 e. The maximum atomic E-state index is 12.5. The van der Waals surface area contributed by atoms with Crippen LogP contribution in [0.1, 0.15) is 25.0 Å². The summed E-state index contributed by atoms with van der Waals surface area (Å²) >= 11 is 0. The molecule has 2 rings (SSSR count). The van der Waals surface area contributed by atoms with Gasteiger partial charge in [0.15, 0.2) is 5.69 Å². The zero-order valence-electron chi connectivity index (χ0n) is 9.65. The van der Waals surface area contributed by atoms with E-state index in [1.807, 2.05) is 0 Å². The van der Waals surface area contributed by atoms with Crippen LogP contribution in [0.5, 0.6) is 6.01 Å². The molecule has 1 aromatic heterocycles. The van der Waals surface area contributed by atoms with E-state index in [1.165, 1.54) is 0 Å². The van der Waals surface area contributed by atoms with Gasteiger partial charge in [0.1, 0.15) is 6.10 Å². The summed E-state index contributed by atoms with van der Waals surface area (Å²) in [5, 5.41) is 0. The molecule has 7 heteroatoms. The second kappa shape index (κ2) is 5.09. The molecule has 0 spiro atoms. The molecule has 2 N–H and O–H groups in total. The van der Waals surface area contributed by atoms with E-state index < -0.39 is 11.9 Å². The molecular formula is C11H14F3N3O. The van der Waals surface area contributed by atoms with Crippen LogP contribution in [0.3, 0.4) is 0 Å². The Morgan fingerprint density at radius 2 is 2.17 bits per heavy atom. The molecule has 0 radical (unpaired) electrons. The maximum Gasteiger partial charge on any atom is 0.433 e. The number of hydrogen-bond acceptors (Lipinski definition) is 4. The van der Waals surface area contributed by atoms with Gasteiger partial charge in [-0.1, -0.05) is 0 Å². The fourth-order valence-corrected chi connectivity index (χ4v) is 2.12. The molecule has 1 aliphatic rings. The molecular weight excluding hydrogens is 247 g/mol. The van der Waals surface area contributed by atoms with Crippen LogP contribution < -0.4 is 10.5 Å². The van der Waals surface area contributed by atoms with Gasteiger partial charge in [0, 0.05) is 12.1 Å². The second-order valence-electron chi connectivity index (χ2n) is 4.31. The average Bonchev–Trinajstić information content (AvgIpc) is 2.75. The lowest BCUT2D eigenvalue weighted by Crippen LogP contribution is -2.28. The van der Waals surface area contributed by atoms with Crippen molar-refractivity contribution in [1.82, 2.24) is 9.97 Å². The molecule has 1 fully saturated rings. The van der Waals surface area contributed by atoms with Gasteiger partial charge in [-0.25, -0.2) is 4.98 Å². The monoisotopic (exact) mass is 261 g/mol. The van der Waals surface area contributed by atoms with Crippen molar-refractivity contribution in [2.24, 2.45) is 11.7 Å². The number of nitrogens with zero attached hydrogens (tertiary/aromatic N) is 2. The maximum absolute atomic E-state index is 12.5. The summed E-state index contributed by atoms with van der Waals surface area (Å²) in [5.41, 5.74) is 4.59. The van der Waals surface area contributed by atoms with Crippen molar-refractivity contribution >= 4 is 0 Å². The summed E-state index contributed by atoms with van der Waals surface area (Å²) in [6.07, 6.45) is -0.937. The van der Waals surface area contributed by atoms with Crippen LogP contribution >= 0.6 is 0 Å². The summed E-state index contributed by atoms with van der Waals surface area (Å²) < 4.78 is 42.8. The van der Waals surface area contributed by atoms with Crippen LogP contribution in [0.15, 0.2) is 12.3 Å². The quantitative estimate of drug-likeness (QED) is 0.904. The first kappa shape index (κ1) is 13.1. The van der Waals surface area contributed by atoms with Gasteiger partial charge in [-0.15, -0.1) is 0 Å². The van der Waals surface area contributed by atoms with Gasteiger partial charge >= 0.3 is 12.2 Å². The van der Waals surface area contributed by atoms with Gasteiger partial charge in [-0.2, -0.15) is 18.2 Å². The Hall–Kier alpha value is -1.37. The number of ether oxygens (including phenoxy) is 1. The average molecular weight is 261 g/mol. The van der Waals surface area contributed by atoms with Gasteiger partial charge in [-0.05, 0) is 31.9 Å². The molecule has 0 aliphatic heterocycles. The van der Waals surface area contributed by atoms with Crippen molar-refractivity contribution in [2.45, 2.75) is 31.5 Å². The molecule has 2 unspecified atom stereocenters. The van der Waals surface area contributed by atoms with E-state index in [2.05, 4.69) is 9.97 Å². The fourth-order valence-electron chi connectivity index (χ4n) is 2.12. The lowest BCUT2D eigenvalue weighted by molar-refractivity contribution is -0.141. The summed E-state index contributed by atoms with van der Waals surface area (Å²) in [5.74, 6) is 0.170. The number of aromatic nitrogens is 2. The molecule has 1 aliphatic carbocycles. The Balaban J connectivity index is 2.10. The summed E-state index contributed by atoms with van der Waals surface area (Å²) in [4.78, 5) is 7.09. The van der Waals surface area contributed by atoms with Gasteiger partial charge < -0.3 is 10.5 Å². The van der Waals surface area contributed by atoms with Crippen LogP contribution in [0, 0.1) is 5.92 Å². The van der Waals surface area contributed by atoms with E-state index in [1.54, 1.807) is 0 Å². The second-order valence-corrected chi connectivity index (χ2v) is 4.31. The highest BCUT2D eigenvalue weighted by Gasteiger charge is 2.34. The summed E-state index contributed by atoms with van der Waals surface area (Å²) in [6.45, 7) is 0.462. The van der Waals surface area contributed by atoms with Gasteiger partial charge in [-0.3, -0.25) is 0 Å². The van der Waals surface area contributed by atoms with E-state index in [-0.39, 0.29) is 18.0 Å². The minimum absolute atomic E-state index is 0.170. The molecule has 1 aromatic rings. The summed E-state index contributed by atoms with van der Waals surface area (Å²) in [7, 11) is 0. The first-order chi connectivity index (χ1) is 8.50.